The lowest BCUT2D eigenvalue weighted by Gasteiger charge is -2.44. The maximum absolute atomic E-state index is 12.9. The van der Waals surface area contributed by atoms with E-state index in [2.05, 4.69) is 15.2 Å². The molecule has 3 unspecified atom stereocenters. The maximum Gasteiger partial charge on any atom is 0.417 e. The molecule has 0 spiro atoms. The van der Waals surface area contributed by atoms with Crippen molar-refractivity contribution in [3.63, 3.8) is 0 Å². The predicted octanol–water partition coefficient (Wildman–Crippen LogP) is 3.26. The van der Waals surface area contributed by atoms with Crippen molar-refractivity contribution in [1.82, 2.24) is 20.1 Å². The minimum atomic E-state index is -4.39. The first-order valence-electron chi connectivity index (χ1n) is 12.9. The second-order valence-electron chi connectivity index (χ2n) is 10.5. The van der Waals surface area contributed by atoms with Crippen molar-refractivity contribution < 1.29 is 32.3 Å². The number of ether oxygens (including phenoxy) is 1. The van der Waals surface area contributed by atoms with Crippen molar-refractivity contribution in [3.05, 3.63) is 58.9 Å². The van der Waals surface area contributed by atoms with Gasteiger partial charge in [0, 0.05) is 55.5 Å². The molecule has 1 aromatic carbocycles. The summed E-state index contributed by atoms with van der Waals surface area (Å²) in [5.41, 5.74) is 1.27. The van der Waals surface area contributed by atoms with E-state index in [0.717, 1.165) is 50.2 Å². The number of amides is 3. The van der Waals surface area contributed by atoms with Gasteiger partial charge in [-0.3, -0.25) is 29.6 Å². The number of benzene rings is 1. The van der Waals surface area contributed by atoms with Crippen LogP contribution in [0.2, 0.25) is 0 Å². The molecule has 0 bridgehead atoms. The van der Waals surface area contributed by atoms with Gasteiger partial charge in [-0.25, -0.2) is 0 Å². The lowest BCUT2D eigenvalue weighted by atomic mass is 9.92. The van der Waals surface area contributed by atoms with Crippen LogP contribution in [0.15, 0.2) is 36.5 Å². The molecule has 38 heavy (non-hydrogen) atoms. The highest BCUT2D eigenvalue weighted by molar-refractivity contribution is 6.05. The fourth-order valence-electron chi connectivity index (χ4n) is 6.05. The van der Waals surface area contributed by atoms with Gasteiger partial charge in [-0.2, -0.15) is 13.2 Å². The van der Waals surface area contributed by atoms with E-state index in [9.17, 15) is 27.6 Å². The van der Waals surface area contributed by atoms with Crippen LogP contribution in [0, 0.1) is 0 Å². The number of hydrogen-bond donors (Lipinski definition) is 1. The smallest absolute Gasteiger partial charge is 0.417 e. The maximum atomic E-state index is 12.9. The molecule has 3 atom stereocenters. The van der Waals surface area contributed by atoms with Gasteiger partial charge in [-0.15, -0.1) is 0 Å². The molecule has 1 N–H and O–H groups in total. The Kier molecular flexibility index (Phi) is 6.13. The fraction of sp³-hybridized carbons (Fsp3) is 0.481. The number of alkyl halides is 3. The Morgan fingerprint density at radius 1 is 1.03 bits per heavy atom. The number of aromatic nitrogens is 1. The molecule has 6 rings (SSSR count). The molecule has 4 aliphatic rings. The summed E-state index contributed by atoms with van der Waals surface area (Å²) >= 11 is 0. The van der Waals surface area contributed by atoms with E-state index in [1.54, 1.807) is 12.1 Å². The van der Waals surface area contributed by atoms with Crippen LogP contribution < -0.4 is 10.1 Å². The number of halogens is 3. The van der Waals surface area contributed by atoms with E-state index in [1.165, 1.54) is 11.0 Å². The van der Waals surface area contributed by atoms with Crippen molar-refractivity contribution in [2.24, 2.45) is 0 Å². The molecule has 3 aliphatic heterocycles. The Balaban J connectivity index is 1.08. The van der Waals surface area contributed by atoms with Gasteiger partial charge < -0.3 is 9.64 Å². The highest BCUT2D eigenvalue weighted by Gasteiger charge is 2.42. The molecule has 1 aliphatic carbocycles. The standard InChI is InChI=1S/C27H27F3N4O4/c28-27(29,30)17-4-7-20(31-11-17)16-12-33(13-16)21-2-1-3-23(21)38-18-5-6-19-15(10-18)14-34(26(19)37)22-8-9-24(35)32-25(22)36/h4-7,10-11,16,21-23H,1-3,8-9,12-14H2,(H,32,35,36). The third kappa shape index (κ3) is 4.53. The summed E-state index contributed by atoms with van der Waals surface area (Å²) in [5.74, 6) is -0.209. The third-order valence-corrected chi connectivity index (χ3v) is 8.11. The normalized spacial score (nSPS) is 26.3. The van der Waals surface area contributed by atoms with Crippen molar-refractivity contribution >= 4 is 17.7 Å². The number of nitrogens with one attached hydrogen (secondary N) is 1. The van der Waals surface area contributed by atoms with E-state index < -0.39 is 23.7 Å². The Labute approximate surface area is 217 Å². The topological polar surface area (TPSA) is 91.8 Å². The summed E-state index contributed by atoms with van der Waals surface area (Å²) in [7, 11) is 0. The SMILES string of the molecule is O=C1CCC(N2Cc3cc(OC4CCCC4N4CC(c5ccc(C(F)(F)F)cn5)C4)ccc3C2=O)C(=O)N1. The first-order chi connectivity index (χ1) is 18.2. The van der Waals surface area contributed by atoms with E-state index in [0.29, 0.717) is 30.0 Å². The molecule has 1 aromatic heterocycles. The number of fused-ring (bicyclic) bond motifs is 1. The van der Waals surface area contributed by atoms with Gasteiger partial charge in [-0.1, -0.05) is 0 Å². The van der Waals surface area contributed by atoms with Crippen LogP contribution in [-0.4, -0.2) is 63.8 Å². The number of piperidine rings is 1. The van der Waals surface area contributed by atoms with Crippen molar-refractivity contribution in [3.8, 4) is 5.75 Å². The van der Waals surface area contributed by atoms with Gasteiger partial charge in [-0.05, 0) is 61.6 Å². The van der Waals surface area contributed by atoms with Crippen LogP contribution in [0.4, 0.5) is 13.2 Å². The van der Waals surface area contributed by atoms with Crippen molar-refractivity contribution in [2.45, 2.75) is 68.9 Å². The molecule has 11 heteroatoms. The average Bonchev–Trinajstić information content (AvgIpc) is 3.42. The first-order valence-corrected chi connectivity index (χ1v) is 12.9. The predicted molar refractivity (Wildman–Crippen MR) is 128 cm³/mol. The number of imide groups is 1. The number of carbonyl (C=O) groups is 3. The van der Waals surface area contributed by atoms with Gasteiger partial charge >= 0.3 is 6.18 Å². The van der Waals surface area contributed by atoms with Crippen LogP contribution in [0.1, 0.15) is 65.2 Å². The summed E-state index contributed by atoms with van der Waals surface area (Å²) < 4.78 is 44.8. The van der Waals surface area contributed by atoms with Crippen LogP contribution in [0.25, 0.3) is 0 Å². The molecule has 2 saturated heterocycles. The minimum Gasteiger partial charge on any atom is -0.489 e. The largest absolute Gasteiger partial charge is 0.489 e. The Morgan fingerprint density at radius 2 is 1.84 bits per heavy atom. The third-order valence-electron chi connectivity index (χ3n) is 8.11. The zero-order chi connectivity index (χ0) is 26.6. The van der Waals surface area contributed by atoms with Crippen molar-refractivity contribution in [2.75, 3.05) is 13.1 Å². The van der Waals surface area contributed by atoms with E-state index >= 15 is 0 Å². The monoisotopic (exact) mass is 528 g/mol. The minimum absolute atomic E-state index is 0.0297. The van der Waals surface area contributed by atoms with Gasteiger partial charge in [0.25, 0.3) is 5.91 Å². The second kappa shape index (κ2) is 9.37. The summed E-state index contributed by atoms with van der Waals surface area (Å²) in [6, 6.07) is 7.48. The molecule has 4 heterocycles. The zero-order valence-electron chi connectivity index (χ0n) is 20.5. The second-order valence-corrected chi connectivity index (χ2v) is 10.5. The van der Waals surface area contributed by atoms with E-state index in [-0.39, 0.29) is 36.3 Å². The molecule has 3 fully saturated rings. The average molecular weight is 529 g/mol. The molecule has 0 radical (unpaired) electrons. The molecule has 2 aromatic rings. The molecule has 8 nitrogen and oxygen atoms in total. The van der Waals surface area contributed by atoms with Gasteiger partial charge in [0.1, 0.15) is 17.9 Å². The van der Waals surface area contributed by atoms with Crippen LogP contribution in [-0.2, 0) is 22.3 Å². The molecular weight excluding hydrogens is 501 g/mol. The molecular formula is C27H27F3N4O4. The van der Waals surface area contributed by atoms with Crippen LogP contribution in [0.3, 0.4) is 0 Å². The summed E-state index contributed by atoms with van der Waals surface area (Å²) in [4.78, 5) is 44.6. The molecule has 200 valence electrons. The van der Waals surface area contributed by atoms with E-state index in [4.69, 9.17) is 4.74 Å². The fourth-order valence-corrected chi connectivity index (χ4v) is 6.05. The number of rotatable bonds is 5. The number of carbonyl (C=O) groups excluding carboxylic acids is 3. The quantitative estimate of drug-likeness (QED) is 0.600. The van der Waals surface area contributed by atoms with E-state index in [1.807, 2.05) is 6.07 Å². The summed E-state index contributed by atoms with van der Waals surface area (Å²) in [5, 5.41) is 2.31. The lowest BCUT2D eigenvalue weighted by Crippen LogP contribution is -2.54. The first kappa shape index (κ1) is 24.8. The van der Waals surface area contributed by atoms with Gasteiger partial charge in [0.05, 0.1) is 5.56 Å². The zero-order valence-corrected chi connectivity index (χ0v) is 20.5. The van der Waals surface area contributed by atoms with Crippen LogP contribution >= 0.6 is 0 Å². The molecule has 3 amide bonds. The Morgan fingerprint density at radius 3 is 2.55 bits per heavy atom. The Hall–Kier alpha value is -3.47. The van der Waals surface area contributed by atoms with Gasteiger partial charge in [0.2, 0.25) is 11.8 Å². The lowest BCUT2D eigenvalue weighted by molar-refractivity contribution is -0.138. The highest BCUT2D eigenvalue weighted by Crippen LogP contribution is 2.37. The number of hydrogen-bond acceptors (Lipinski definition) is 6. The number of likely N-dealkylation sites (tertiary alicyclic amines) is 1. The van der Waals surface area contributed by atoms with Crippen LogP contribution in [0.5, 0.6) is 5.75 Å². The molecule has 1 saturated carbocycles. The Bertz CT molecular complexity index is 1280. The number of pyridine rings is 1. The van der Waals surface area contributed by atoms with Crippen molar-refractivity contribution in [1.29, 1.82) is 0 Å². The summed E-state index contributed by atoms with van der Waals surface area (Å²) in [6.45, 7) is 1.74. The highest BCUT2D eigenvalue weighted by atomic mass is 19.4. The number of nitrogens with zero attached hydrogens (tertiary/aromatic N) is 3. The van der Waals surface area contributed by atoms with Gasteiger partial charge in [0.15, 0.2) is 0 Å². The summed E-state index contributed by atoms with van der Waals surface area (Å²) in [6.07, 6.45) is -0.108.